The van der Waals surface area contributed by atoms with Crippen LogP contribution in [0.25, 0.3) is 0 Å². The van der Waals surface area contributed by atoms with Gasteiger partial charge in [0.1, 0.15) is 0 Å². The third kappa shape index (κ3) is 5.17. The van der Waals surface area contributed by atoms with Crippen LogP contribution in [0.5, 0.6) is 0 Å². The molecular formula is C12H15F3N2O2. The first-order chi connectivity index (χ1) is 8.80. The first-order valence-corrected chi connectivity index (χ1v) is 5.63. The minimum absolute atomic E-state index is 0.172. The molecule has 4 nitrogen and oxygen atoms in total. The quantitative estimate of drug-likeness (QED) is 0.812. The Bertz CT molecular complexity index is 435. The molecule has 1 amide bonds. The molecule has 0 fully saturated rings. The summed E-state index contributed by atoms with van der Waals surface area (Å²) in [7, 11) is 0. The number of hydrogen-bond donors (Lipinski definition) is 2. The smallest absolute Gasteiger partial charge is 0.397 e. The van der Waals surface area contributed by atoms with Crippen LogP contribution in [0.2, 0.25) is 0 Å². The molecule has 1 atom stereocenters. The molecule has 1 rings (SSSR count). The number of carbonyl (C=O) groups excluding carboxylic acids is 1. The predicted molar refractivity (Wildman–Crippen MR) is 65.6 cm³/mol. The van der Waals surface area contributed by atoms with Gasteiger partial charge in [0.05, 0.1) is 24.4 Å². The van der Waals surface area contributed by atoms with Crippen molar-refractivity contribution in [3.8, 4) is 0 Å². The Balaban J connectivity index is 2.35. The molecule has 3 N–H and O–H groups in total. The molecule has 19 heavy (non-hydrogen) atoms. The maximum Gasteiger partial charge on any atom is 0.414 e. The van der Waals surface area contributed by atoms with Crippen LogP contribution in [0.1, 0.15) is 13.3 Å². The second-order valence-corrected chi connectivity index (χ2v) is 3.94. The van der Waals surface area contributed by atoms with Crippen LogP contribution in [-0.4, -0.2) is 24.8 Å². The summed E-state index contributed by atoms with van der Waals surface area (Å²) in [4.78, 5) is 11.5. The van der Waals surface area contributed by atoms with E-state index in [1.165, 1.54) is 0 Å². The van der Waals surface area contributed by atoms with E-state index in [2.05, 4.69) is 10.1 Å². The number of hydrogen-bond acceptors (Lipinski definition) is 3. The monoisotopic (exact) mass is 276 g/mol. The van der Waals surface area contributed by atoms with Crippen molar-refractivity contribution in [2.24, 2.45) is 0 Å². The number of nitrogen functional groups attached to an aromatic ring is 1. The molecule has 106 valence electrons. The average molecular weight is 276 g/mol. The van der Waals surface area contributed by atoms with Crippen LogP contribution in [-0.2, 0) is 9.53 Å². The molecule has 1 aromatic carbocycles. The number of ether oxygens (including phenoxy) is 1. The number of rotatable bonds is 5. The van der Waals surface area contributed by atoms with Crippen LogP contribution < -0.4 is 11.1 Å². The van der Waals surface area contributed by atoms with E-state index in [0.29, 0.717) is 11.4 Å². The van der Waals surface area contributed by atoms with Crippen molar-refractivity contribution < 1.29 is 22.7 Å². The van der Waals surface area contributed by atoms with Gasteiger partial charge in [0.25, 0.3) is 0 Å². The Morgan fingerprint density at radius 2 is 2.05 bits per heavy atom. The topological polar surface area (TPSA) is 64.3 Å². The lowest BCUT2D eigenvalue weighted by molar-refractivity contribution is -0.214. The molecule has 0 saturated heterocycles. The van der Waals surface area contributed by atoms with Crippen LogP contribution in [0.3, 0.4) is 0 Å². The molecular weight excluding hydrogens is 261 g/mol. The van der Waals surface area contributed by atoms with Gasteiger partial charge in [-0.2, -0.15) is 13.2 Å². The zero-order chi connectivity index (χ0) is 14.5. The van der Waals surface area contributed by atoms with Crippen molar-refractivity contribution in [2.75, 3.05) is 17.7 Å². The molecule has 0 spiro atoms. The van der Waals surface area contributed by atoms with Gasteiger partial charge in [-0.1, -0.05) is 12.1 Å². The summed E-state index contributed by atoms with van der Waals surface area (Å²) < 4.78 is 40.9. The lowest BCUT2D eigenvalue weighted by Crippen LogP contribution is -2.29. The summed E-state index contributed by atoms with van der Waals surface area (Å²) >= 11 is 0. The molecule has 0 heterocycles. The highest BCUT2D eigenvalue weighted by atomic mass is 19.4. The van der Waals surface area contributed by atoms with E-state index in [9.17, 15) is 18.0 Å². The van der Waals surface area contributed by atoms with Crippen molar-refractivity contribution in [2.45, 2.75) is 25.6 Å². The highest BCUT2D eigenvalue weighted by Gasteiger charge is 2.36. The maximum atomic E-state index is 12.1. The summed E-state index contributed by atoms with van der Waals surface area (Å²) in [5.74, 6) is -0.452. The fraction of sp³-hybridized carbons (Fsp3) is 0.417. The summed E-state index contributed by atoms with van der Waals surface area (Å²) in [5, 5.41) is 2.50. The number of nitrogens with one attached hydrogen (secondary N) is 1. The molecule has 0 aromatic heterocycles. The lowest BCUT2D eigenvalue weighted by Gasteiger charge is -2.16. The first-order valence-electron chi connectivity index (χ1n) is 5.63. The van der Waals surface area contributed by atoms with Gasteiger partial charge in [-0.25, -0.2) is 0 Å². The Morgan fingerprint density at radius 1 is 1.42 bits per heavy atom. The Morgan fingerprint density at radius 3 is 2.63 bits per heavy atom. The minimum atomic E-state index is -4.42. The van der Waals surface area contributed by atoms with E-state index in [0.717, 1.165) is 6.92 Å². The van der Waals surface area contributed by atoms with E-state index in [1.807, 2.05) is 0 Å². The molecule has 0 radical (unpaired) electrons. The normalized spacial score (nSPS) is 13.1. The molecule has 1 unspecified atom stereocenters. The lowest BCUT2D eigenvalue weighted by atomic mass is 10.2. The molecule has 0 aliphatic carbocycles. The first kappa shape index (κ1) is 15.3. The van der Waals surface area contributed by atoms with Crippen LogP contribution in [0.4, 0.5) is 24.5 Å². The predicted octanol–water partition coefficient (Wildman–Crippen LogP) is 2.56. The molecule has 0 aliphatic rings. The molecule has 0 bridgehead atoms. The zero-order valence-electron chi connectivity index (χ0n) is 10.3. The number of benzene rings is 1. The van der Waals surface area contributed by atoms with Gasteiger partial charge in [-0.3, -0.25) is 4.79 Å². The van der Waals surface area contributed by atoms with Crippen LogP contribution in [0, 0.1) is 0 Å². The van der Waals surface area contributed by atoms with E-state index in [4.69, 9.17) is 5.73 Å². The fourth-order valence-corrected chi connectivity index (χ4v) is 1.25. The van der Waals surface area contributed by atoms with Gasteiger partial charge in [0.15, 0.2) is 6.10 Å². The van der Waals surface area contributed by atoms with Gasteiger partial charge in [-0.15, -0.1) is 0 Å². The highest BCUT2D eigenvalue weighted by molar-refractivity contribution is 5.93. The van der Waals surface area contributed by atoms with Gasteiger partial charge in [0.2, 0.25) is 5.91 Å². The largest absolute Gasteiger partial charge is 0.414 e. The van der Waals surface area contributed by atoms with Crippen molar-refractivity contribution in [1.82, 2.24) is 0 Å². The number of alkyl halides is 3. The van der Waals surface area contributed by atoms with E-state index in [-0.39, 0.29) is 13.0 Å². The van der Waals surface area contributed by atoms with E-state index >= 15 is 0 Å². The van der Waals surface area contributed by atoms with Crippen molar-refractivity contribution in [1.29, 1.82) is 0 Å². The Hall–Kier alpha value is -1.76. The number of nitrogens with two attached hydrogens (primary N) is 1. The number of halogens is 3. The Kier molecular flexibility index (Phi) is 5.17. The highest BCUT2D eigenvalue weighted by Crippen LogP contribution is 2.22. The standard InChI is InChI=1S/C12H15F3N2O2/c1-8(12(13,14)15)19-7-6-11(18)17-10-5-3-2-4-9(10)16/h2-5,8H,6-7,16H2,1H3,(H,17,18). The summed E-state index contributed by atoms with van der Waals surface area (Å²) in [6.07, 6.45) is -6.48. The zero-order valence-corrected chi connectivity index (χ0v) is 10.3. The SMILES string of the molecule is CC(OCCC(=O)Nc1ccccc1N)C(F)(F)F. The van der Waals surface area contributed by atoms with Gasteiger partial charge >= 0.3 is 6.18 Å². The summed E-state index contributed by atoms with van der Waals surface area (Å²) in [6, 6.07) is 6.61. The summed E-state index contributed by atoms with van der Waals surface area (Å²) in [6.45, 7) is 0.590. The number of anilines is 2. The number of para-hydroxylation sites is 2. The van der Waals surface area contributed by atoms with Gasteiger partial charge in [-0.05, 0) is 19.1 Å². The van der Waals surface area contributed by atoms with E-state index < -0.39 is 18.2 Å². The third-order valence-electron chi connectivity index (χ3n) is 2.39. The molecule has 0 aliphatic heterocycles. The molecule has 0 saturated carbocycles. The maximum absolute atomic E-state index is 12.1. The van der Waals surface area contributed by atoms with Crippen molar-refractivity contribution in [3.63, 3.8) is 0 Å². The van der Waals surface area contributed by atoms with Crippen molar-refractivity contribution >= 4 is 17.3 Å². The fourth-order valence-electron chi connectivity index (χ4n) is 1.25. The Labute approximate surface area is 108 Å². The van der Waals surface area contributed by atoms with E-state index in [1.54, 1.807) is 24.3 Å². The van der Waals surface area contributed by atoms with Crippen molar-refractivity contribution in [3.05, 3.63) is 24.3 Å². The second kappa shape index (κ2) is 6.42. The van der Waals surface area contributed by atoms with Crippen LogP contribution >= 0.6 is 0 Å². The summed E-state index contributed by atoms with van der Waals surface area (Å²) in [5.41, 5.74) is 6.42. The number of carbonyl (C=O) groups is 1. The van der Waals surface area contributed by atoms with Gasteiger partial charge < -0.3 is 15.8 Å². The van der Waals surface area contributed by atoms with Crippen LogP contribution in [0.15, 0.2) is 24.3 Å². The number of amides is 1. The second-order valence-electron chi connectivity index (χ2n) is 3.94. The average Bonchev–Trinajstić information content (AvgIpc) is 2.31. The molecule has 7 heteroatoms. The minimum Gasteiger partial charge on any atom is -0.397 e. The van der Waals surface area contributed by atoms with Gasteiger partial charge in [0, 0.05) is 0 Å². The molecule has 1 aromatic rings. The third-order valence-corrected chi connectivity index (χ3v) is 2.39.